The van der Waals surface area contributed by atoms with Gasteiger partial charge in [-0.25, -0.2) is 9.37 Å². The van der Waals surface area contributed by atoms with Crippen LogP contribution >= 0.6 is 23.1 Å². The van der Waals surface area contributed by atoms with Crippen LogP contribution in [0.25, 0.3) is 15.9 Å². The zero-order valence-corrected chi connectivity index (χ0v) is 17.7. The standard InChI is InChI=1S/C22H18FN3O2S2/c1-14-6-8-15(9-7-14)12-24-19(27)13-30-22-25-17-10-11-29-20(17)21(28)26(22)18-5-3-2-4-16(18)23/h2-11H,12-13H2,1H3,(H,24,27). The highest BCUT2D eigenvalue weighted by Crippen LogP contribution is 2.24. The molecule has 0 atom stereocenters. The van der Waals surface area contributed by atoms with Crippen molar-refractivity contribution in [1.82, 2.24) is 14.9 Å². The third-order valence-corrected chi connectivity index (χ3v) is 6.32. The summed E-state index contributed by atoms with van der Waals surface area (Å²) in [6.07, 6.45) is 0. The molecule has 0 bridgehead atoms. The van der Waals surface area contributed by atoms with Crippen LogP contribution in [-0.4, -0.2) is 21.2 Å². The molecule has 2 aromatic carbocycles. The van der Waals surface area contributed by atoms with Crippen LogP contribution in [0.2, 0.25) is 0 Å². The number of carbonyl (C=O) groups is 1. The number of carbonyl (C=O) groups excluding carboxylic acids is 1. The van der Waals surface area contributed by atoms with Gasteiger partial charge in [0.25, 0.3) is 5.56 Å². The first-order valence-electron chi connectivity index (χ1n) is 9.23. The summed E-state index contributed by atoms with van der Waals surface area (Å²) in [5, 5.41) is 4.91. The number of amides is 1. The van der Waals surface area contributed by atoms with Gasteiger partial charge in [-0.3, -0.25) is 14.2 Å². The third kappa shape index (κ3) is 4.29. The number of para-hydroxylation sites is 1. The minimum Gasteiger partial charge on any atom is -0.351 e. The van der Waals surface area contributed by atoms with Crippen molar-refractivity contribution in [1.29, 1.82) is 0 Å². The van der Waals surface area contributed by atoms with E-state index in [2.05, 4.69) is 10.3 Å². The van der Waals surface area contributed by atoms with Crippen molar-refractivity contribution in [2.24, 2.45) is 0 Å². The number of benzene rings is 2. The first-order chi connectivity index (χ1) is 14.5. The van der Waals surface area contributed by atoms with Gasteiger partial charge in [0.2, 0.25) is 5.91 Å². The molecule has 4 aromatic rings. The van der Waals surface area contributed by atoms with E-state index < -0.39 is 5.82 Å². The number of hydrogen-bond donors (Lipinski definition) is 1. The van der Waals surface area contributed by atoms with Gasteiger partial charge in [0, 0.05) is 6.54 Å². The van der Waals surface area contributed by atoms with E-state index in [4.69, 9.17) is 0 Å². The molecule has 5 nitrogen and oxygen atoms in total. The van der Waals surface area contributed by atoms with Crippen LogP contribution in [0, 0.1) is 12.7 Å². The summed E-state index contributed by atoms with van der Waals surface area (Å²) in [7, 11) is 0. The van der Waals surface area contributed by atoms with Crippen molar-refractivity contribution in [3.05, 3.63) is 87.3 Å². The number of aryl methyl sites for hydroxylation is 1. The Kier molecular flexibility index (Phi) is 5.96. The topological polar surface area (TPSA) is 64.0 Å². The predicted octanol–water partition coefficient (Wildman–Crippen LogP) is 4.30. The summed E-state index contributed by atoms with van der Waals surface area (Å²) in [5.41, 5.74) is 2.47. The van der Waals surface area contributed by atoms with E-state index in [0.29, 0.717) is 16.8 Å². The normalized spacial score (nSPS) is 11.0. The van der Waals surface area contributed by atoms with Crippen molar-refractivity contribution in [3.8, 4) is 5.69 Å². The molecular formula is C22H18FN3O2S2. The SMILES string of the molecule is Cc1ccc(CNC(=O)CSc2nc3ccsc3c(=O)n2-c2ccccc2F)cc1. The number of halogens is 1. The molecule has 0 aliphatic heterocycles. The Morgan fingerprint density at radius 2 is 1.93 bits per heavy atom. The Hall–Kier alpha value is -2.97. The van der Waals surface area contributed by atoms with E-state index in [-0.39, 0.29) is 28.1 Å². The number of thiophene rings is 1. The van der Waals surface area contributed by atoms with Crippen LogP contribution in [0.15, 0.2) is 69.9 Å². The van der Waals surface area contributed by atoms with Crippen molar-refractivity contribution < 1.29 is 9.18 Å². The van der Waals surface area contributed by atoms with Gasteiger partial charge in [-0.1, -0.05) is 53.7 Å². The minimum atomic E-state index is -0.525. The highest BCUT2D eigenvalue weighted by Gasteiger charge is 2.17. The van der Waals surface area contributed by atoms with Gasteiger partial charge in [-0.05, 0) is 36.1 Å². The first-order valence-corrected chi connectivity index (χ1v) is 11.1. The fraction of sp³-hybridized carbons (Fsp3) is 0.136. The monoisotopic (exact) mass is 439 g/mol. The van der Waals surface area contributed by atoms with Crippen LogP contribution < -0.4 is 10.9 Å². The molecular weight excluding hydrogens is 421 g/mol. The molecule has 8 heteroatoms. The maximum Gasteiger partial charge on any atom is 0.276 e. The lowest BCUT2D eigenvalue weighted by Crippen LogP contribution is -2.26. The van der Waals surface area contributed by atoms with Gasteiger partial charge in [0.15, 0.2) is 5.16 Å². The zero-order chi connectivity index (χ0) is 21.1. The number of thioether (sulfide) groups is 1. The van der Waals surface area contributed by atoms with E-state index in [1.54, 1.807) is 23.6 Å². The zero-order valence-electron chi connectivity index (χ0n) is 16.1. The fourth-order valence-corrected chi connectivity index (χ4v) is 4.52. The molecule has 0 spiro atoms. The average molecular weight is 440 g/mol. The Labute approximate surface area is 180 Å². The smallest absolute Gasteiger partial charge is 0.276 e. The van der Waals surface area contributed by atoms with E-state index >= 15 is 0 Å². The minimum absolute atomic E-state index is 0.0579. The first kappa shape index (κ1) is 20.3. The van der Waals surface area contributed by atoms with E-state index in [0.717, 1.165) is 22.9 Å². The summed E-state index contributed by atoms with van der Waals surface area (Å²) < 4.78 is 16.1. The molecule has 152 valence electrons. The molecule has 0 saturated heterocycles. The molecule has 2 aromatic heterocycles. The van der Waals surface area contributed by atoms with Gasteiger partial charge in [0.1, 0.15) is 10.5 Å². The van der Waals surface area contributed by atoms with Crippen LogP contribution in [0.4, 0.5) is 4.39 Å². The maximum absolute atomic E-state index is 14.4. The van der Waals surface area contributed by atoms with Crippen LogP contribution in [0.1, 0.15) is 11.1 Å². The van der Waals surface area contributed by atoms with Crippen molar-refractivity contribution >= 4 is 39.2 Å². The van der Waals surface area contributed by atoms with Crippen LogP contribution in [-0.2, 0) is 11.3 Å². The molecule has 1 N–H and O–H groups in total. The van der Waals surface area contributed by atoms with Gasteiger partial charge < -0.3 is 5.32 Å². The molecule has 4 rings (SSSR count). The summed E-state index contributed by atoms with van der Waals surface area (Å²) in [4.78, 5) is 29.9. The fourth-order valence-electron chi connectivity index (χ4n) is 2.92. The number of rotatable bonds is 6. The predicted molar refractivity (Wildman–Crippen MR) is 119 cm³/mol. The lowest BCUT2D eigenvalue weighted by atomic mass is 10.1. The van der Waals surface area contributed by atoms with Gasteiger partial charge in [-0.15, -0.1) is 11.3 Å². The molecule has 0 aliphatic rings. The number of nitrogens with one attached hydrogen (secondary N) is 1. The Morgan fingerprint density at radius 3 is 2.70 bits per heavy atom. The molecule has 0 saturated carbocycles. The Morgan fingerprint density at radius 1 is 1.17 bits per heavy atom. The quantitative estimate of drug-likeness (QED) is 0.359. The highest BCUT2D eigenvalue weighted by molar-refractivity contribution is 7.99. The number of aromatic nitrogens is 2. The van der Waals surface area contributed by atoms with E-state index in [9.17, 15) is 14.0 Å². The number of hydrogen-bond acceptors (Lipinski definition) is 5. The number of fused-ring (bicyclic) bond motifs is 1. The average Bonchev–Trinajstić information content (AvgIpc) is 3.22. The van der Waals surface area contributed by atoms with Crippen LogP contribution in [0.5, 0.6) is 0 Å². The largest absolute Gasteiger partial charge is 0.351 e. The number of nitrogens with zero attached hydrogens (tertiary/aromatic N) is 2. The lowest BCUT2D eigenvalue weighted by Gasteiger charge is -2.12. The van der Waals surface area contributed by atoms with Gasteiger partial charge in [-0.2, -0.15) is 0 Å². The van der Waals surface area contributed by atoms with Gasteiger partial charge in [0.05, 0.1) is 17.0 Å². The molecule has 0 fully saturated rings. The molecule has 0 unspecified atom stereocenters. The van der Waals surface area contributed by atoms with Crippen LogP contribution in [0.3, 0.4) is 0 Å². The van der Waals surface area contributed by atoms with Crippen molar-refractivity contribution in [3.63, 3.8) is 0 Å². The molecule has 2 heterocycles. The molecule has 0 radical (unpaired) electrons. The third-order valence-electron chi connectivity index (χ3n) is 4.49. The second-order valence-corrected chi connectivity index (χ2v) is 8.53. The second kappa shape index (κ2) is 8.81. The van der Waals surface area contributed by atoms with E-state index in [1.165, 1.54) is 28.0 Å². The summed E-state index contributed by atoms with van der Waals surface area (Å²) in [5.74, 6) is -0.661. The summed E-state index contributed by atoms with van der Waals surface area (Å²) in [6, 6.07) is 15.7. The second-order valence-electron chi connectivity index (χ2n) is 6.67. The summed E-state index contributed by atoms with van der Waals surface area (Å²) in [6.45, 7) is 2.42. The van der Waals surface area contributed by atoms with E-state index in [1.807, 2.05) is 31.2 Å². The van der Waals surface area contributed by atoms with Gasteiger partial charge >= 0.3 is 0 Å². The Balaban J connectivity index is 1.57. The Bertz CT molecular complexity index is 1270. The van der Waals surface area contributed by atoms with Crippen molar-refractivity contribution in [2.75, 3.05) is 5.75 Å². The molecule has 1 amide bonds. The highest BCUT2D eigenvalue weighted by atomic mass is 32.2. The lowest BCUT2D eigenvalue weighted by molar-refractivity contribution is -0.118. The van der Waals surface area contributed by atoms with Crippen molar-refractivity contribution in [2.45, 2.75) is 18.6 Å². The molecule has 30 heavy (non-hydrogen) atoms. The molecule has 0 aliphatic carbocycles. The maximum atomic E-state index is 14.4. The summed E-state index contributed by atoms with van der Waals surface area (Å²) >= 11 is 2.37.